The summed E-state index contributed by atoms with van der Waals surface area (Å²) in [5, 5.41) is 8.12. The second-order valence-electron chi connectivity index (χ2n) is 13.2. The Labute approximate surface area is 277 Å². The van der Waals surface area contributed by atoms with Gasteiger partial charge in [-0.05, 0) is 77.4 Å². The van der Waals surface area contributed by atoms with Gasteiger partial charge in [-0.15, -0.1) is 10.00 Å². The van der Waals surface area contributed by atoms with E-state index in [-0.39, 0.29) is 28.0 Å². The van der Waals surface area contributed by atoms with Gasteiger partial charge in [0.05, 0.1) is 18.1 Å². The van der Waals surface area contributed by atoms with Crippen LogP contribution < -0.4 is 4.90 Å². The van der Waals surface area contributed by atoms with Crippen molar-refractivity contribution in [1.29, 1.82) is 0 Å². The molecule has 258 valence electrons. The average molecular weight is 686 g/mol. The zero-order valence-corrected chi connectivity index (χ0v) is 27.5. The van der Waals surface area contributed by atoms with Gasteiger partial charge in [0, 0.05) is 24.2 Å². The molecule has 49 heavy (non-hydrogen) atoms. The van der Waals surface area contributed by atoms with E-state index in [1.54, 1.807) is 41.5 Å². The Morgan fingerprint density at radius 2 is 1.43 bits per heavy atom. The second kappa shape index (κ2) is 12.6. The van der Waals surface area contributed by atoms with E-state index >= 15 is 8.78 Å². The predicted octanol–water partition coefficient (Wildman–Crippen LogP) is 7.99. The van der Waals surface area contributed by atoms with Crippen molar-refractivity contribution >= 4 is 23.8 Å². The minimum absolute atomic E-state index is 0.0716. The van der Waals surface area contributed by atoms with Crippen LogP contribution in [0.1, 0.15) is 60.1 Å². The van der Waals surface area contributed by atoms with Gasteiger partial charge in [-0.3, -0.25) is 4.68 Å². The third kappa shape index (κ3) is 7.84. The summed E-state index contributed by atoms with van der Waals surface area (Å²) in [7, 11) is 0. The highest BCUT2D eigenvalue weighted by molar-refractivity contribution is 6.08. The maximum Gasteiger partial charge on any atom is 0.427 e. The largest absolute Gasteiger partial charge is 0.443 e. The van der Waals surface area contributed by atoms with Crippen LogP contribution >= 0.6 is 0 Å². The molecular formula is C33H32F5N7O4. The number of alkyl halides is 2. The summed E-state index contributed by atoms with van der Waals surface area (Å²) in [6.07, 6.45) is 1.05. The molecule has 1 aromatic carbocycles. The molecular weight excluding hydrogens is 653 g/mol. The van der Waals surface area contributed by atoms with Crippen LogP contribution in [-0.4, -0.2) is 58.7 Å². The van der Waals surface area contributed by atoms with Gasteiger partial charge in [-0.1, -0.05) is 12.1 Å². The number of nitrogens with zero attached hydrogens (tertiary/aromatic N) is 7. The van der Waals surface area contributed by atoms with Gasteiger partial charge in [0.25, 0.3) is 11.9 Å². The van der Waals surface area contributed by atoms with Crippen molar-refractivity contribution in [3.05, 3.63) is 84.1 Å². The number of benzene rings is 1. The van der Waals surface area contributed by atoms with Gasteiger partial charge in [0.2, 0.25) is 0 Å². The van der Waals surface area contributed by atoms with Gasteiger partial charge >= 0.3 is 12.2 Å². The van der Waals surface area contributed by atoms with E-state index in [0.29, 0.717) is 11.8 Å². The van der Waals surface area contributed by atoms with Gasteiger partial charge in [-0.2, -0.15) is 10.1 Å². The molecule has 0 aliphatic carbocycles. The lowest BCUT2D eigenvalue weighted by molar-refractivity contribution is -0.0217. The fourth-order valence-corrected chi connectivity index (χ4v) is 4.75. The van der Waals surface area contributed by atoms with Gasteiger partial charge in [0.1, 0.15) is 34.6 Å². The molecule has 0 aliphatic rings. The lowest BCUT2D eigenvalue weighted by Crippen LogP contribution is -2.44. The number of aromatic nitrogens is 6. The first kappa shape index (κ1) is 34.9. The fraction of sp³-hybridized carbons (Fsp3) is 0.333. The van der Waals surface area contributed by atoms with E-state index in [9.17, 15) is 22.8 Å². The lowest BCUT2D eigenvalue weighted by Gasteiger charge is -2.26. The van der Waals surface area contributed by atoms with Crippen LogP contribution in [0.2, 0.25) is 0 Å². The number of ether oxygens (including phenoxy) is 2. The van der Waals surface area contributed by atoms with Crippen LogP contribution in [0.25, 0.3) is 28.2 Å². The number of fused-ring (bicyclic) bond motifs is 1. The van der Waals surface area contributed by atoms with Crippen LogP contribution in [0.5, 0.6) is 0 Å². The predicted molar refractivity (Wildman–Crippen MR) is 167 cm³/mol. The van der Waals surface area contributed by atoms with E-state index in [4.69, 9.17) is 9.47 Å². The molecule has 1 unspecified atom stereocenters. The first-order chi connectivity index (χ1) is 22.7. The SMILES string of the molecule is CC(C)(C)OC(=O)N(C(=O)OC(C)(C)C)c1nc2cc(-c3nc(-c4cnn(C(c5ccc(F)cc5)C(C)(F)F)c4)ccc3F)c(F)cn2n1. The molecule has 0 saturated heterocycles. The Balaban J connectivity index is 1.53. The quantitative estimate of drug-likeness (QED) is 0.165. The molecule has 0 N–H and O–H groups in total. The molecule has 11 nitrogen and oxygen atoms in total. The molecule has 16 heteroatoms. The minimum atomic E-state index is -3.32. The van der Waals surface area contributed by atoms with E-state index < -0.39 is 64.4 Å². The number of halogens is 5. The van der Waals surface area contributed by atoms with Crippen LogP contribution in [0.3, 0.4) is 0 Å². The molecule has 0 fully saturated rings. The standard InChI is InChI=1S/C33H32F5N7O4/c1-31(2,3)48-29(46)45(30(47)49-32(4,5)6)28-41-25-14-21(23(36)17-43(25)42-28)26-22(35)12-13-24(40-26)19-15-39-44(16-19)27(33(7,37)38)18-8-10-20(34)11-9-18/h8-17,27H,1-7H3. The molecule has 2 amide bonds. The fourth-order valence-electron chi connectivity index (χ4n) is 4.75. The number of hydrogen-bond acceptors (Lipinski definition) is 8. The normalized spacial score (nSPS) is 13.0. The van der Waals surface area contributed by atoms with Crippen molar-refractivity contribution in [2.24, 2.45) is 0 Å². The third-order valence-corrected chi connectivity index (χ3v) is 6.69. The van der Waals surface area contributed by atoms with Crippen LogP contribution in [0, 0.1) is 17.5 Å². The average Bonchev–Trinajstić information content (AvgIpc) is 3.58. The summed E-state index contributed by atoms with van der Waals surface area (Å²) in [6, 6.07) is 6.35. The molecule has 4 aromatic heterocycles. The van der Waals surface area contributed by atoms with Crippen molar-refractivity contribution in [3.63, 3.8) is 0 Å². The number of rotatable bonds is 6. The van der Waals surface area contributed by atoms with Crippen LogP contribution in [-0.2, 0) is 9.47 Å². The molecule has 4 heterocycles. The van der Waals surface area contributed by atoms with Crippen molar-refractivity contribution < 1.29 is 41.0 Å². The number of imide groups is 1. The highest BCUT2D eigenvalue weighted by Gasteiger charge is 2.38. The second-order valence-corrected chi connectivity index (χ2v) is 13.2. The Kier molecular flexibility index (Phi) is 8.95. The Morgan fingerprint density at radius 1 is 0.816 bits per heavy atom. The zero-order chi connectivity index (χ0) is 36.1. The molecule has 0 saturated carbocycles. The molecule has 0 radical (unpaired) electrons. The first-order valence-electron chi connectivity index (χ1n) is 14.9. The summed E-state index contributed by atoms with van der Waals surface area (Å²) in [5.41, 5.74) is -2.58. The zero-order valence-electron chi connectivity index (χ0n) is 27.5. The van der Waals surface area contributed by atoms with Crippen LogP contribution in [0.15, 0.2) is 61.1 Å². The van der Waals surface area contributed by atoms with E-state index in [2.05, 4.69) is 20.2 Å². The lowest BCUT2D eigenvalue weighted by atomic mass is 10.0. The molecule has 5 rings (SSSR count). The summed E-state index contributed by atoms with van der Waals surface area (Å²) in [6.45, 7) is 10.2. The van der Waals surface area contributed by atoms with E-state index in [1.165, 1.54) is 30.6 Å². The van der Waals surface area contributed by atoms with Crippen molar-refractivity contribution in [1.82, 2.24) is 29.4 Å². The highest BCUT2D eigenvalue weighted by Crippen LogP contribution is 2.36. The maximum atomic E-state index is 15.5. The summed E-state index contributed by atoms with van der Waals surface area (Å²) in [4.78, 5) is 35.0. The van der Waals surface area contributed by atoms with Crippen molar-refractivity contribution in [2.45, 2.75) is 71.6 Å². The first-order valence-corrected chi connectivity index (χ1v) is 14.9. The van der Waals surface area contributed by atoms with Crippen LogP contribution in [0.4, 0.5) is 37.5 Å². The Bertz CT molecular complexity index is 2000. The monoisotopic (exact) mass is 685 g/mol. The summed E-state index contributed by atoms with van der Waals surface area (Å²) >= 11 is 0. The molecule has 0 aliphatic heterocycles. The number of anilines is 1. The number of hydrogen-bond donors (Lipinski definition) is 0. The topological polar surface area (TPSA) is 117 Å². The van der Waals surface area contributed by atoms with Gasteiger partial charge < -0.3 is 9.47 Å². The molecule has 1 atom stereocenters. The summed E-state index contributed by atoms with van der Waals surface area (Å²) in [5.74, 6) is -6.33. The molecule has 0 spiro atoms. The Morgan fingerprint density at radius 3 is 2.00 bits per heavy atom. The van der Waals surface area contributed by atoms with Gasteiger partial charge in [-0.25, -0.2) is 41.0 Å². The number of pyridine rings is 2. The minimum Gasteiger partial charge on any atom is -0.443 e. The van der Waals surface area contributed by atoms with Crippen molar-refractivity contribution in [2.75, 3.05) is 4.90 Å². The molecule has 5 aromatic rings. The molecule has 0 bridgehead atoms. The van der Waals surface area contributed by atoms with E-state index in [0.717, 1.165) is 39.7 Å². The number of carbonyl (C=O) groups is 2. The maximum absolute atomic E-state index is 15.5. The highest BCUT2D eigenvalue weighted by atomic mass is 19.3. The number of carbonyl (C=O) groups excluding carboxylic acids is 2. The van der Waals surface area contributed by atoms with Crippen molar-refractivity contribution in [3.8, 4) is 22.5 Å². The smallest absolute Gasteiger partial charge is 0.427 e. The third-order valence-electron chi connectivity index (χ3n) is 6.69. The van der Waals surface area contributed by atoms with Gasteiger partial charge in [0.15, 0.2) is 11.5 Å². The number of amides is 2. The summed E-state index contributed by atoms with van der Waals surface area (Å²) < 4.78 is 86.3. The van der Waals surface area contributed by atoms with E-state index in [1.807, 2.05) is 0 Å². The Hall–Kier alpha value is -5.41.